The third-order valence-electron chi connectivity index (χ3n) is 3.18. The molecule has 1 aromatic carbocycles. The van der Waals surface area contributed by atoms with E-state index in [4.69, 9.17) is 11.6 Å². The molecule has 0 spiro atoms. The number of nitrogens with one attached hydrogen (secondary N) is 1. The Labute approximate surface area is 120 Å². The van der Waals surface area contributed by atoms with Crippen molar-refractivity contribution >= 4 is 17.5 Å². The first-order valence-electron chi connectivity index (χ1n) is 6.67. The van der Waals surface area contributed by atoms with Crippen molar-refractivity contribution in [3.8, 4) is 0 Å². The molecule has 0 aliphatic carbocycles. The predicted molar refractivity (Wildman–Crippen MR) is 78.1 cm³/mol. The van der Waals surface area contributed by atoms with Gasteiger partial charge in [0.1, 0.15) is 0 Å². The van der Waals surface area contributed by atoms with E-state index in [2.05, 4.69) is 5.32 Å². The van der Waals surface area contributed by atoms with Crippen molar-refractivity contribution in [2.24, 2.45) is 5.92 Å². The third kappa shape index (κ3) is 5.21. The number of hydrogen-bond donors (Lipinski definition) is 2. The van der Waals surface area contributed by atoms with Gasteiger partial charge in [-0.2, -0.15) is 0 Å². The average Bonchev–Trinajstić information content (AvgIpc) is 2.37. The van der Waals surface area contributed by atoms with Crippen LogP contribution in [0.1, 0.15) is 45.2 Å². The van der Waals surface area contributed by atoms with Crippen LogP contribution in [0.2, 0.25) is 5.02 Å². The molecule has 4 heteroatoms. The highest BCUT2D eigenvalue weighted by molar-refractivity contribution is 6.30. The molecule has 2 unspecified atom stereocenters. The molecular weight excluding hydrogens is 262 g/mol. The van der Waals surface area contributed by atoms with E-state index in [1.165, 1.54) is 0 Å². The fourth-order valence-electron chi connectivity index (χ4n) is 1.80. The van der Waals surface area contributed by atoms with E-state index >= 15 is 0 Å². The Hall–Kier alpha value is -1.06. The van der Waals surface area contributed by atoms with Gasteiger partial charge < -0.3 is 10.4 Å². The van der Waals surface area contributed by atoms with Crippen LogP contribution in [-0.4, -0.2) is 17.1 Å². The molecule has 1 rings (SSSR count). The third-order valence-corrected chi connectivity index (χ3v) is 3.43. The van der Waals surface area contributed by atoms with E-state index in [1.807, 2.05) is 45.0 Å². The summed E-state index contributed by atoms with van der Waals surface area (Å²) in [5.41, 5.74) is 1.03. The normalized spacial score (nSPS) is 14.2. The van der Waals surface area contributed by atoms with Crippen molar-refractivity contribution in [1.29, 1.82) is 0 Å². The number of rotatable bonds is 6. The van der Waals surface area contributed by atoms with Crippen LogP contribution in [0.4, 0.5) is 0 Å². The molecule has 0 fully saturated rings. The van der Waals surface area contributed by atoms with E-state index in [1.54, 1.807) is 0 Å². The lowest BCUT2D eigenvalue weighted by Gasteiger charge is -2.20. The summed E-state index contributed by atoms with van der Waals surface area (Å²) in [4.78, 5) is 11.9. The molecule has 2 N–H and O–H groups in total. The molecule has 19 heavy (non-hydrogen) atoms. The van der Waals surface area contributed by atoms with Gasteiger partial charge in [0, 0.05) is 5.02 Å². The zero-order chi connectivity index (χ0) is 14.4. The fourth-order valence-corrected chi connectivity index (χ4v) is 1.92. The Morgan fingerprint density at radius 2 is 1.89 bits per heavy atom. The van der Waals surface area contributed by atoms with Crippen LogP contribution >= 0.6 is 11.6 Å². The summed E-state index contributed by atoms with van der Waals surface area (Å²) < 4.78 is 0. The number of benzene rings is 1. The van der Waals surface area contributed by atoms with Gasteiger partial charge in [-0.1, -0.05) is 44.5 Å². The molecule has 0 radical (unpaired) electrons. The summed E-state index contributed by atoms with van der Waals surface area (Å²) in [6, 6.07) is 7.42. The van der Waals surface area contributed by atoms with Crippen LogP contribution in [0.5, 0.6) is 0 Å². The Kier molecular flexibility index (Phi) is 6.32. The maximum Gasteiger partial charge on any atom is 0.223 e. The minimum atomic E-state index is -0.595. The van der Waals surface area contributed by atoms with Gasteiger partial charge in [-0.25, -0.2) is 0 Å². The lowest BCUT2D eigenvalue weighted by molar-refractivity contribution is -0.124. The second-order valence-electron chi connectivity index (χ2n) is 5.10. The van der Waals surface area contributed by atoms with Crippen molar-refractivity contribution in [1.82, 2.24) is 5.32 Å². The Morgan fingerprint density at radius 3 is 2.37 bits per heavy atom. The summed E-state index contributed by atoms with van der Waals surface area (Å²) in [5, 5.41) is 13.3. The standard InChI is InChI=1S/C15H22ClNO2/c1-4-13(11-5-7-12(16)8-6-11)17-15(19)9-14(18)10(2)3/h5-8,10,13-14,18H,4,9H2,1-3H3,(H,17,19). The number of carbonyl (C=O) groups excluding carboxylic acids is 1. The number of halogens is 1. The number of hydrogen-bond acceptors (Lipinski definition) is 2. The maximum absolute atomic E-state index is 11.9. The molecule has 0 heterocycles. The van der Waals surface area contributed by atoms with Crippen molar-refractivity contribution in [2.75, 3.05) is 0 Å². The Bertz CT molecular complexity index is 403. The number of carbonyl (C=O) groups is 1. The van der Waals surface area contributed by atoms with Crippen molar-refractivity contribution < 1.29 is 9.90 Å². The molecule has 106 valence electrons. The highest BCUT2D eigenvalue weighted by atomic mass is 35.5. The van der Waals surface area contributed by atoms with Gasteiger partial charge in [-0.3, -0.25) is 4.79 Å². The molecule has 1 aromatic rings. The lowest BCUT2D eigenvalue weighted by atomic mass is 10.0. The van der Waals surface area contributed by atoms with Crippen molar-refractivity contribution in [3.63, 3.8) is 0 Å². The summed E-state index contributed by atoms with van der Waals surface area (Å²) in [6.07, 6.45) is 0.343. The second-order valence-corrected chi connectivity index (χ2v) is 5.53. The van der Waals surface area contributed by atoms with E-state index in [0.717, 1.165) is 12.0 Å². The van der Waals surface area contributed by atoms with Crippen molar-refractivity contribution in [3.05, 3.63) is 34.9 Å². The van der Waals surface area contributed by atoms with Crippen LogP contribution in [-0.2, 0) is 4.79 Å². The fraction of sp³-hybridized carbons (Fsp3) is 0.533. The van der Waals surface area contributed by atoms with E-state index in [9.17, 15) is 9.90 Å². The minimum absolute atomic E-state index is 0.0378. The molecular formula is C15H22ClNO2. The quantitative estimate of drug-likeness (QED) is 0.841. The molecule has 1 amide bonds. The van der Waals surface area contributed by atoms with Gasteiger partial charge in [0.15, 0.2) is 0 Å². The van der Waals surface area contributed by atoms with Crippen LogP contribution in [0, 0.1) is 5.92 Å². The second kappa shape index (κ2) is 7.51. The van der Waals surface area contributed by atoms with Crippen LogP contribution in [0.25, 0.3) is 0 Å². The minimum Gasteiger partial charge on any atom is -0.392 e. The molecule has 0 aromatic heterocycles. The first-order valence-corrected chi connectivity index (χ1v) is 7.04. The zero-order valence-electron chi connectivity index (χ0n) is 11.7. The van der Waals surface area contributed by atoms with Crippen LogP contribution in [0.15, 0.2) is 24.3 Å². The first kappa shape index (κ1) is 16.0. The van der Waals surface area contributed by atoms with Gasteiger partial charge in [0.2, 0.25) is 5.91 Å². The average molecular weight is 284 g/mol. The number of aliphatic hydroxyl groups excluding tert-OH is 1. The van der Waals surface area contributed by atoms with E-state index in [0.29, 0.717) is 5.02 Å². The van der Waals surface area contributed by atoms with Gasteiger partial charge in [0.05, 0.1) is 18.6 Å². The monoisotopic (exact) mass is 283 g/mol. The topological polar surface area (TPSA) is 49.3 Å². The van der Waals surface area contributed by atoms with Crippen LogP contribution in [0.3, 0.4) is 0 Å². The summed E-state index contributed by atoms with van der Waals surface area (Å²) in [6.45, 7) is 5.81. The Balaban J connectivity index is 2.62. The summed E-state index contributed by atoms with van der Waals surface area (Å²) >= 11 is 5.85. The highest BCUT2D eigenvalue weighted by Gasteiger charge is 2.17. The van der Waals surface area contributed by atoms with E-state index in [-0.39, 0.29) is 24.3 Å². The number of amides is 1. The molecule has 0 aliphatic rings. The van der Waals surface area contributed by atoms with Gasteiger partial charge in [-0.15, -0.1) is 0 Å². The van der Waals surface area contributed by atoms with Crippen molar-refractivity contribution in [2.45, 2.75) is 45.8 Å². The SMILES string of the molecule is CCC(NC(=O)CC(O)C(C)C)c1ccc(Cl)cc1. The zero-order valence-corrected chi connectivity index (χ0v) is 12.4. The Morgan fingerprint density at radius 1 is 1.32 bits per heavy atom. The predicted octanol–water partition coefficient (Wildman–Crippen LogP) is 3.31. The molecule has 0 saturated heterocycles. The lowest BCUT2D eigenvalue weighted by Crippen LogP contribution is -2.32. The van der Waals surface area contributed by atoms with Crippen LogP contribution < -0.4 is 5.32 Å². The molecule has 3 nitrogen and oxygen atoms in total. The van der Waals surface area contributed by atoms with E-state index < -0.39 is 6.10 Å². The molecule has 0 saturated carbocycles. The highest BCUT2D eigenvalue weighted by Crippen LogP contribution is 2.19. The number of aliphatic hydroxyl groups is 1. The largest absolute Gasteiger partial charge is 0.392 e. The molecule has 0 bridgehead atoms. The van der Waals surface area contributed by atoms with Gasteiger partial charge >= 0.3 is 0 Å². The maximum atomic E-state index is 11.9. The first-order chi connectivity index (χ1) is 8.93. The summed E-state index contributed by atoms with van der Waals surface area (Å²) in [7, 11) is 0. The molecule has 2 atom stereocenters. The van der Waals surface area contributed by atoms with Gasteiger partial charge in [0.25, 0.3) is 0 Å². The van der Waals surface area contributed by atoms with Gasteiger partial charge in [-0.05, 0) is 30.0 Å². The summed E-state index contributed by atoms with van der Waals surface area (Å²) in [5.74, 6) is -0.0376. The smallest absolute Gasteiger partial charge is 0.223 e. The molecule has 0 aliphatic heterocycles.